The second-order valence-electron chi connectivity index (χ2n) is 4.17. The lowest BCUT2D eigenvalue weighted by Crippen LogP contribution is -2.28. The second kappa shape index (κ2) is 4.99. The van der Waals surface area contributed by atoms with Crippen LogP contribution in [0.5, 0.6) is 0 Å². The number of rotatable bonds is 5. The van der Waals surface area contributed by atoms with Crippen molar-refractivity contribution in [2.45, 2.75) is 32.2 Å². The Morgan fingerprint density at radius 2 is 2.29 bits per heavy atom. The second-order valence-corrected chi connectivity index (χ2v) is 4.17. The molecule has 1 aromatic rings. The molecule has 6 heteroatoms. The fourth-order valence-corrected chi connectivity index (χ4v) is 1.76. The van der Waals surface area contributed by atoms with Gasteiger partial charge in [0, 0.05) is 12.6 Å². The van der Waals surface area contributed by atoms with Gasteiger partial charge in [-0.3, -0.25) is 0 Å². The molecule has 1 aliphatic carbocycles. The van der Waals surface area contributed by atoms with Crippen LogP contribution in [0, 0.1) is 0 Å². The van der Waals surface area contributed by atoms with Gasteiger partial charge in [-0.05, 0) is 19.3 Å². The lowest BCUT2D eigenvalue weighted by atomic mass is 10.3. The lowest BCUT2D eigenvalue weighted by Gasteiger charge is -2.22. The standard InChI is InChI=1S/C11H17N5O/c1-2-5-16(8-3-4-8)10-7-13-9(6-14-10)11(12)15-17/h6-8,17H,2-5H2,1H3,(H2,12,15). The number of anilines is 1. The summed E-state index contributed by atoms with van der Waals surface area (Å²) in [6.07, 6.45) is 6.75. The summed E-state index contributed by atoms with van der Waals surface area (Å²) in [6.45, 7) is 3.13. The molecule has 17 heavy (non-hydrogen) atoms. The molecular formula is C11H17N5O. The number of amidine groups is 1. The molecule has 0 radical (unpaired) electrons. The molecule has 1 aromatic heterocycles. The van der Waals surface area contributed by atoms with Crippen LogP contribution < -0.4 is 10.6 Å². The lowest BCUT2D eigenvalue weighted by molar-refractivity contribution is 0.318. The maximum absolute atomic E-state index is 8.53. The van der Waals surface area contributed by atoms with E-state index in [4.69, 9.17) is 10.9 Å². The minimum absolute atomic E-state index is 0.0162. The van der Waals surface area contributed by atoms with Gasteiger partial charge in [-0.2, -0.15) is 0 Å². The number of nitrogens with zero attached hydrogens (tertiary/aromatic N) is 4. The molecule has 6 nitrogen and oxygen atoms in total. The Bertz CT molecular complexity index is 399. The summed E-state index contributed by atoms with van der Waals surface area (Å²) in [4.78, 5) is 10.7. The van der Waals surface area contributed by atoms with Crippen LogP contribution in [0.2, 0.25) is 0 Å². The van der Waals surface area contributed by atoms with Crippen molar-refractivity contribution < 1.29 is 5.21 Å². The third-order valence-corrected chi connectivity index (χ3v) is 2.75. The van der Waals surface area contributed by atoms with E-state index < -0.39 is 0 Å². The van der Waals surface area contributed by atoms with Gasteiger partial charge in [-0.1, -0.05) is 12.1 Å². The zero-order chi connectivity index (χ0) is 12.3. The van der Waals surface area contributed by atoms with Gasteiger partial charge in [0.25, 0.3) is 0 Å². The first-order valence-electron chi connectivity index (χ1n) is 5.82. The Hall–Kier alpha value is -1.85. The molecule has 92 valence electrons. The molecule has 0 bridgehead atoms. The SMILES string of the molecule is CCCN(c1cnc(C(N)=NO)cn1)C1CC1. The molecule has 1 heterocycles. The number of aromatic nitrogens is 2. The van der Waals surface area contributed by atoms with Gasteiger partial charge in [0.1, 0.15) is 11.5 Å². The van der Waals surface area contributed by atoms with Crippen LogP contribution in [0.4, 0.5) is 5.82 Å². The molecule has 0 unspecified atom stereocenters. The van der Waals surface area contributed by atoms with Crippen LogP contribution in [0.25, 0.3) is 0 Å². The average Bonchev–Trinajstić information content (AvgIpc) is 3.19. The van der Waals surface area contributed by atoms with Crippen molar-refractivity contribution in [3.05, 3.63) is 18.1 Å². The summed E-state index contributed by atoms with van der Waals surface area (Å²) in [6, 6.07) is 0.610. The Morgan fingerprint density at radius 3 is 2.76 bits per heavy atom. The van der Waals surface area contributed by atoms with Crippen molar-refractivity contribution in [3.8, 4) is 0 Å². The van der Waals surface area contributed by atoms with Crippen LogP contribution in [-0.4, -0.2) is 33.6 Å². The van der Waals surface area contributed by atoms with E-state index in [1.54, 1.807) is 6.20 Å². The maximum Gasteiger partial charge on any atom is 0.190 e. The molecule has 1 aliphatic rings. The number of nitrogens with two attached hydrogens (primary N) is 1. The van der Waals surface area contributed by atoms with E-state index in [1.807, 2.05) is 0 Å². The molecule has 3 N–H and O–H groups in total. The number of hydrogen-bond acceptors (Lipinski definition) is 5. The van der Waals surface area contributed by atoms with Crippen molar-refractivity contribution in [1.29, 1.82) is 0 Å². The maximum atomic E-state index is 8.53. The number of hydrogen-bond donors (Lipinski definition) is 2. The first kappa shape index (κ1) is 11.6. The first-order chi connectivity index (χ1) is 8.26. The Kier molecular flexibility index (Phi) is 3.41. The molecule has 0 atom stereocenters. The van der Waals surface area contributed by atoms with Crippen molar-refractivity contribution in [2.24, 2.45) is 10.9 Å². The van der Waals surface area contributed by atoms with E-state index in [9.17, 15) is 0 Å². The summed E-state index contributed by atoms with van der Waals surface area (Å²) < 4.78 is 0. The summed E-state index contributed by atoms with van der Waals surface area (Å²) >= 11 is 0. The summed E-state index contributed by atoms with van der Waals surface area (Å²) in [5.74, 6) is 0.848. The van der Waals surface area contributed by atoms with Gasteiger partial charge in [0.15, 0.2) is 5.84 Å². The molecule has 0 amide bonds. The monoisotopic (exact) mass is 235 g/mol. The normalized spacial score (nSPS) is 15.9. The molecule has 1 saturated carbocycles. The molecule has 0 aliphatic heterocycles. The van der Waals surface area contributed by atoms with Crippen molar-refractivity contribution in [2.75, 3.05) is 11.4 Å². The molecule has 0 spiro atoms. The smallest absolute Gasteiger partial charge is 0.190 e. The van der Waals surface area contributed by atoms with Crippen LogP contribution >= 0.6 is 0 Å². The third-order valence-electron chi connectivity index (χ3n) is 2.75. The molecule has 2 rings (SSSR count). The first-order valence-corrected chi connectivity index (χ1v) is 5.82. The van der Waals surface area contributed by atoms with Crippen LogP contribution in [-0.2, 0) is 0 Å². The highest BCUT2D eigenvalue weighted by Crippen LogP contribution is 2.30. The topological polar surface area (TPSA) is 87.6 Å². The third kappa shape index (κ3) is 2.64. The van der Waals surface area contributed by atoms with Gasteiger partial charge in [0.05, 0.1) is 12.4 Å². The Balaban J connectivity index is 2.15. The fraction of sp³-hybridized carbons (Fsp3) is 0.545. The molecule has 1 fully saturated rings. The zero-order valence-corrected chi connectivity index (χ0v) is 9.87. The van der Waals surface area contributed by atoms with E-state index in [1.165, 1.54) is 19.0 Å². The highest BCUT2D eigenvalue weighted by Gasteiger charge is 2.29. The van der Waals surface area contributed by atoms with E-state index >= 15 is 0 Å². The highest BCUT2D eigenvalue weighted by atomic mass is 16.4. The van der Waals surface area contributed by atoms with Crippen molar-refractivity contribution >= 4 is 11.7 Å². The predicted molar refractivity (Wildman–Crippen MR) is 65.2 cm³/mol. The van der Waals surface area contributed by atoms with Gasteiger partial charge in [-0.15, -0.1) is 0 Å². The van der Waals surface area contributed by atoms with E-state index in [0.717, 1.165) is 18.8 Å². The largest absolute Gasteiger partial charge is 0.409 e. The van der Waals surface area contributed by atoms with Gasteiger partial charge >= 0.3 is 0 Å². The van der Waals surface area contributed by atoms with E-state index in [2.05, 4.69) is 26.9 Å². The average molecular weight is 235 g/mol. The Morgan fingerprint density at radius 1 is 1.53 bits per heavy atom. The summed E-state index contributed by atoms with van der Waals surface area (Å²) in [5, 5.41) is 11.4. The molecule has 0 aromatic carbocycles. The van der Waals surface area contributed by atoms with E-state index in [-0.39, 0.29) is 5.84 Å². The fourth-order valence-electron chi connectivity index (χ4n) is 1.76. The zero-order valence-electron chi connectivity index (χ0n) is 9.87. The minimum atomic E-state index is -0.0162. The van der Waals surface area contributed by atoms with Gasteiger partial charge < -0.3 is 15.8 Å². The summed E-state index contributed by atoms with van der Waals surface area (Å²) in [7, 11) is 0. The van der Waals surface area contributed by atoms with Gasteiger partial charge in [0.2, 0.25) is 0 Å². The van der Waals surface area contributed by atoms with Crippen LogP contribution in [0.1, 0.15) is 31.9 Å². The van der Waals surface area contributed by atoms with Crippen LogP contribution in [0.3, 0.4) is 0 Å². The predicted octanol–water partition coefficient (Wildman–Crippen LogP) is 0.950. The highest BCUT2D eigenvalue weighted by molar-refractivity contribution is 5.94. The van der Waals surface area contributed by atoms with E-state index in [0.29, 0.717) is 11.7 Å². The quantitative estimate of drug-likeness (QED) is 0.343. The van der Waals surface area contributed by atoms with Crippen molar-refractivity contribution in [3.63, 3.8) is 0 Å². The number of oxime groups is 1. The summed E-state index contributed by atoms with van der Waals surface area (Å²) in [5.41, 5.74) is 5.83. The Labute approximate surface area is 100 Å². The van der Waals surface area contributed by atoms with Crippen molar-refractivity contribution in [1.82, 2.24) is 9.97 Å². The molecular weight excluding hydrogens is 218 g/mol. The minimum Gasteiger partial charge on any atom is -0.409 e. The van der Waals surface area contributed by atoms with Gasteiger partial charge in [-0.25, -0.2) is 9.97 Å². The van der Waals surface area contributed by atoms with Crippen LogP contribution in [0.15, 0.2) is 17.5 Å². The molecule has 0 saturated heterocycles.